The number of rotatable bonds is 3. The van der Waals surface area contributed by atoms with Gasteiger partial charge in [0.1, 0.15) is 0 Å². The fraction of sp³-hybridized carbons (Fsp3) is 0.176. The van der Waals surface area contributed by atoms with Crippen LogP contribution in [0.25, 0.3) is 21.8 Å². The lowest BCUT2D eigenvalue weighted by atomic mass is 10.1. The number of fused-ring (bicyclic) bond motifs is 3. The Labute approximate surface area is 128 Å². The Balaban J connectivity index is 2.27. The molecular formula is C17H18N4O. The monoisotopic (exact) mass is 294 g/mol. The first-order valence-corrected chi connectivity index (χ1v) is 7.26. The summed E-state index contributed by atoms with van der Waals surface area (Å²) in [6, 6.07) is 13.8. The molecule has 0 unspecified atom stereocenters. The number of guanidine groups is 1. The molecule has 1 aromatic heterocycles. The number of carbonyl (C=O) groups excluding carboxylic acids is 1. The third-order valence-electron chi connectivity index (χ3n) is 3.70. The molecule has 5 nitrogen and oxygen atoms in total. The summed E-state index contributed by atoms with van der Waals surface area (Å²) < 4.78 is 2.23. The van der Waals surface area contributed by atoms with Gasteiger partial charge in [0.2, 0.25) is 0 Å². The number of hydrogen-bond acceptors (Lipinski definition) is 1. The summed E-state index contributed by atoms with van der Waals surface area (Å²) in [5.41, 5.74) is 13.3. The summed E-state index contributed by atoms with van der Waals surface area (Å²) in [7, 11) is 0. The fourth-order valence-electron chi connectivity index (χ4n) is 2.83. The number of para-hydroxylation sites is 1. The zero-order chi connectivity index (χ0) is 15.7. The van der Waals surface area contributed by atoms with Gasteiger partial charge in [0, 0.05) is 33.9 Å². The molecule has 1 heterocycles. The second-order valence-corrected chi connectivity index (χ2v) is 5.24. The highest BCUT2D eigenvalue weighted by molar-refractivity contribution is 6.11. The molecule has 0 atom stereocenters. The van der Waals surface area contributed by atoms with Crippen molar-refractivity contribution in [2.24, 2.45) is 16.5 Å². The molecule has 0 aliphatic carbocycles. The van der Waals surface area contributed by atoms with Crippen molar-refractivity contribution in [3.63, 3.8) is 0 Å². The molecule has 0 saturated carbocycles. The van der Waals surface area contributed by atoms with Crippen LogP contribution in [0.1, 0.15) is 23.7 Å². The first-order valence-electron chi connectivity index (χ1n) is 7.26. The van der Waals surface area contributed by atoms with Crippen LogP contribution in [0.15, 0.2) is 47.5 Å². The molecule has 1 amide bonds. The number of carbonyl (C=O) groups is 1. The fourth-order valence-corrected chi connectivity index (χ4v) is 2.83. The van der Waals surface area contributed by atoms with Crippen molar-refractivity contribution in [1.29, 1.82) is 0 Å². The van der Waals surface area contributed by atoms with Crippen LogP contribution in [-0.4, -0.2) is 16.4 Å². The molecule has 3 rings (SSSR count). The summed E-state index contributed by atoms with van der Waals surface area (Å²) in [5, 5.41) is 2.32. The second-order valence-electron chi connectivity index (χ2n) is 5.24. The predicted molar refractivity (Wildman–Crippen MR) is 89.9 cm³/mol. The summed E-state index contributed by atoms with van der Waals surface area (Å²) in [6.45, 7) is 3.03. The quantitative estimate of drug-likeness (QED) is 0.575. The standard InChI is InChI=1S/C17H18N4O/c1-2-9-21-14-6-4-3-5-12(14)13-8-7-11(10-15(13)21)16(22)20-17(18)19/h3-8,10H,2,9H2,1H3,(H4,18,19,20,22). The largest absolute Gasteiger partial charge is 0.370 e. The van der Waals surface area contributed by atoms with Crippen LogP contribution >= 0.6 is 0 Å². The number of aliphatic imine (C=N–C) groups is 1. The molecule has 112 valence electrons. The minimum Gasteiger partial charge on any atom is -0.370 e. The van der Waals surface area contributed by atoms with Crippen LogP contribution in [-0.2, 0) is 6.54 Å². The van der Waals surface area contributed by atoms with Crippen LogP contribution in [0.3, 0.4) is 0 Å². The van der Waals surface area contributed by atoms with Gasteiger partial charge in [-0.05, 0) is 24.6 Å². The lowest BCUT2D eigenvalue weighted by molar-refractivity contribution is 0.100. The van der Waals surface area contributed by atoms with E-state index >= 15 is 0 Å². The average Bonchev–Trinajstić information content (AvgIpc) is 2.81. The minimum atomic E-state index is -0.421. The van der Waals surface area contributed by atoms with Crippen molar-refractivity contribution in [1.82, 2.24) is 4.57 Å². The maximum Gasteiger partial charge on any atom is 0.280 e. The van der Waals surface area contributed by atoms with Crippen molar-refractivity contribution in [2.45, 2.75) is 19.9 Å². The van der Waals surface area contributed by atoms with Gasteiger partial charge in [-0.1, -0.05) is 31.2 Å². The van der Waals surface area contributed by atoms with Gasteiger partial charge in [-0.15, -0.1) is 0 Å². The van der Waals surface area contributed by atoms with Gasteiger partial charge in [0.15, 0.2) is 5.96 Å². The molecule has 0 saturated heterocycles. The molecule has 0 bridgehead atoms. The molecule has 4 N–H and O–H groups in total. The molecule has 0 spiro atoms. The van der Waals surface area contributed by atoms with Gasteiger partial charge in [-0.25, -0.2) is 0 Å². The van der Waals surface area contributed by atoms with Crippen LogP contribution in [0.5, 0.6) is 0 Å². The third kappa shape index (κ3) is 2.30. The van der Waals surface area contributed by atoms with Crippen molar-refractivity contribution < 1.29 is 4.79 Å². The van der Waals surface area contributed by atoms with Crippen molar-refractivity contribution in [3.8, 4) is 0 Å². The lowest BCUT2D eigenvalue weighted by Crippen LogP contribution is -2.24. The molecule has 22 heavy (non-hydrogen) atoms. The molecule has 3 aromatic rings. The number of benzene rings is 2. The van der Waals surface area contributed by atoms with Gasteiger partial charge in [-0.3, -0.25) is 4.79 Å². The van der Waals surface area contributed by atoms with Crippen LogP contribution in [0, 0.1) is 0 Å². The molecule has 2 aromatic carbocycles. The van der Waals surface area contributed by atoms with Crippen LogP contribution in [0.2, 0.25) is 0 Å². The Morgan fingerprint density at radius 2 is 1.82 bits per heavy atom. The molecule has 0 aliphatic heterocycles. The van der Waals surface area contributed by atoms with Gasteiger partial charge < -0.3 is 16.0 Å². The van der Waals surface area contributed by atoms with Crippen LogP contribution < -0.4 is 11.5 Å². The zero-order valence-electron chi connectivity index (χ0n) is 12.4. The SMILES string of the molecule is CCCn1c2ccccc2c2ccc(C(=O)N=C(N)N)cc21. The maximum absolute atomic E-state index is 12.0. The molecule has 0 radical (unpaired) electrons. The summed E-state index contributed by atoms with van der Waals surface area (Å²) in [5.74, 6) is -0.644. The Morgan fingerprint density at radius 1 is 1.09 bits per heavy atom. The van der Waals surface area contributed by atoms with Crippen LogP contribution in [0.4, 0.5) is 0 Å². The van der Waals surface area contributed by atoms with Gasteiger partial charge in [0.25, 0.3) is 5.91 Å². The van der Waals surface area contributed by atoms with E-state index < -0.39 is 5.91 Å². The first kappa shape index (κ1) is 14.1. The average molecular weight is 294 g/mol. The summed E-state index contributed by atoms with van der Waals surface area (Å²) in [6.07, 6.45) is 1.01. The zero-order valence-corrected chi connectivity index (χ0v) is 12.4. The van der Waals surface area contributed by atoms with Crippen molar-refractivity contribution in [3.05, 3.63) is 48.0 Å². The van der Waals surface area contributed by atoms with E-state index in [-0.39, 0.29) is 5.96 Å². The highest BCUT2D eigenvalue weighted by Crippen LogP contribution is 2.30. The van der Waals surface area contributed by atoms with E-state index in [0.29, 0.717) is 5.56 Å². The van der Waals surface area contributed by atoms with E-state index in [1.54, 1.807) is 6.07 Å². The summed E-state index contributed by atoms with van der Waals surface area (Å²) in [4.78, 5) is 15.6. The second kappa shape index (κ2) is 5.52. The first-order chi connectivity index (χ1) is 10.6. The van der Waals surface area contributed by atoms with Gasteiger partial charge >= 0.3 is 0 Å². The predicted octanol–water partition coefficient (Wildman–Crippen LogP) is 2.62. The Hall–Kier alpha value is -2.82. The number of aromatic nitrogens is 1. The maximum atomic E-state index is 12.0. The van der Waals surface area contributed by atoms with E-state index in [2.05, 4.69) is 28.6 Å². The highest BCUT2D eigenvalue weighted by Gasteiger charge is 2.12. The number of aryl methyl sites for hydroxylation is 1. The topological polar surface area (TPSA) is 86.4 Å². The smallest absolute Gasteiger partial charge is 0.280 e. The molecule has 5 heteroatoms. The van der Waals surface area contributed by atoms with E-state index in [4.69, 9.17) is 11.5 Å². The Morgan fingerprint density at radius 3 is 2.55 bits per heavy atom. The van der Waals surface area contributed by atoms with Crippen molar-refractivity contribution >= 4 is 33.7 Å². The number of nitrogens with zero attached hydrogens (tertiary/aromatic N) is 2. The normalized spacial score (nSPS) is 11.0. The Bertz CT molecular complexity index is 888. The lowest BCUT2D eigenvalue weighted by Gasteiger charge is -2.05. The van der Waals surface area contributed by atoms with Crippen molar-refractivity contribution in [2.75, 3.05) is 0 Å². The minimum absolute atomic E-state index is 0.223. The number of amides is 1. The molecule has 0 aliphatic rings. The molecule has 0 fully saturated rings. The highest BCUT2D eigenvalue weighted by atomic mass is 16.1. The van der Waals surface area contributed by atoms with E-state index in [0.717, 1.165) is 23.9 Å². The number of nitrogens with two attached hydrogens (primary N) is 2. The summed E-state index contributed by atoms with van der Waals surface area (Å²) >= 11 is 0. The third-order valence-corrected chi connectivity index (χ3v) is 3.70. The van der Waals surface area contributed by atoms with Gasteiger partial charge in [0.05, 0.1) is 0 Å². The number of hydrogen-bond donors (Lipinski definition) is 2. The van der Waals surface area contributed by atoms with E-state index in [1.165, 1.54) is 10.9 Å². The van der Waals surface area contributed by atoms with Gasteiger partial charge in [-0.2, -0.15) is 4.99 Å². The molecular weight excluding hydrogens is 276 g/mol. The van der Waals surface area contributed by atoms with E-state index in [9.17, 15) is 4.79 Å². The van der Waals surface area contributed by atoms with E-state index in [1.807, 2.05) is 24.3 Å². The Kier molecular flexibility index (Phi) is 3.55.